The van der Waals surface area contributed by atoms with E-state index in [2.05, 4.69) is 9.97 Å². The van der Waals surface area contributed by atoms with Crippen molar-refractivity contribution >= 4 is 12.0 Å². The van der Waals surface area contributed by atoms with Gasteiger partial charge in [-0.25, -0.2) is 4.98 Å². The van der Waals surface area contributed by atoms with Crippen LogP contribution in [0.2, 0.25) is 0 Å². The highest BCUT2D eigenvalue weighted by Gasteiger charge is 2.13. The van der Waals surface area contributed by atoms with Gasteiger partial charge in [0.25, 0.3) is 5.69 Å². The predicted octanol–water partition coefficient (Wildman–Crippen LogP) is 1.16. The number of aromatic amines is 1. The summed E-state index contributed by atoms with van der Waals surface area (Å²) in [5, 5.41) is 10.5. The number of hydrogen-bond donors (Lipinski definition) is 1. The molecule has 0 fully saturated rings. The van der Waals surface area contributed by atoms with Crippen LogP contribution in [0.3, 0.4) is 0 Å². The van der Waals surface area contributed by atoms with E-state index in [1.807, 2.05) is 0 Å². The first-order chi connectivity index (χ1) is 7.20. The fraction of sp³-hybridized carbons (Fsp3) is 0.111. The number of aromatic nitrogens is 2. The molecule has 0 aromatic rings. The molecule has 0 aromatic heterocycles. The lowest BCUT2D eigenvalue weighted by molar-refractivity contribution is -0.385. The van der Waals surface area contributed by atoms with Crippen LogP contribution in [0.1, 0.15) is 5.69 Å². The van der Waals surface area contributed by atoms with E-state index < -0.39 is 4.92 Å². The Morgan fingerprint density at radius 1 is 1.53 bits per heavy atom. The average molecular weight is 205 g/mol. The fourth-order valence-corrected chi connectivity index (χ4v) is 1.35. The number of aldehydes is 1. The van der Waals surface area contributed by atoms with Crippen LogP contribution >= 0.6 is 0 Å². The van der Waals surface area contributed by atoms with Gasteiger partial charge in [-0.1, -0.05) is 0 Å². The summed E-state index contributed by atoms with van der Waals surface area (Å²) in [6, 6.07) is 3.08. The third-order valence-electron chi connectivity index (χ3n) is 2.01. The monoisotopic (exact) mass is 205 g/mol. The molecule has 76 valence electrons. The summed E-state index contributed by atoms with van der Waals surface area (Å²) in [5.41, 5.74) is 1.23. The molecule has 0 aromatic carbocycles. The van der Waals surface area contributed by atoms with Crippen LogP contribution in [0, 0.1) is 10.1 Å². The van der Waals surface area contributed by atoms with Gasteiger partial charge in [-0.3, -0.25) is 10.1 Å². The Balaban J connectivity index is 2.48. The van der Waals surface area contributed by atoms with Crippen LogP contribution in [0.25, 0.3) is 11.4 Å². The van der Waals surface area contributed by atoms with Gasteiger partial charge in [-0.2, -0.15) is 0 Å². The molecule has 0 unspecified atom stereocenters. The van der Waals surface area contributed by atoms with Gasteiger partial charge in [0.05, 0.1) is 16.8 Å². The van der Waals surface area contributed by atoms with Crippen molar-refractivity contribution in [3.8, 4) is 11.4 Å². The van der Waals surface area contributed by atoms with Crippen molar-refractivity contribution in [3.05, 3.63) is 34.1 Å². The SMILES string of the molecule is O=CCc1cc2cc([N+](=O)[O-])c[nH]c-2n1. The predicted molar refractivity (Wildman–Crippen MR) is 51.6 cm³/mol. The molecule has 2 aliphatic rings. The summed E-state index contributed by atoms with van der Waals surface area (Å²) in [4.78, 5) is 27.1. The van der Waals surface area contributed by atoms with Crippen LogP contribution in [-0.2, 0) is 11.2 Å². The summed E-state index contributed by atoms with van der Waals surface area (Å²) in [6.07, 6.45) is 2.24. The van der Waals surface area contributed by atoms with Gasteiger partial charge in [0.15, 0.2) is 0 Å². The topological polar surface area (TPSA) is 88.9 Å². The third-order valence-corrected chi connectivity index (χ3v) is 2.01. The molecule has 1 N–H and O–H groups in total. The van der Waals surface area contributed by atoms with Crippen molar-refractivity contribution in [1.82, 2.24) is 9.97 Å². The van der Waals surface area contributed by atoms with E-state index in [-0.39, 0.29) is 12.1 Å². The molecular formula is C9H7N3O3. The number of nitrogens with one attached hydrogen (secondary N) is 1. The Morgan fingerprint density at radius 3 is 3.00 bits per heavy atom. The molecule has 0 amide bonds. The summed E-state index contributed by atoms with van der Waals surface area (Å²) in [7, 11) is 0. The maximum absolute atomic E-state index is 10.5. The molecule has 0 atom stereocenters. The Morgan fingerprint density at radius 2 is 2.33 bits per heavy atom. The maximum Gasteiger partial charge on any atom is 0.286 e. The van der Waals surface area contributed by atoms with Gasteiger partial charge in [0, 0.05) is 18.1 Å². The molecular weight excluding hydrogens is 198 g/mol. The smallest absolute Gasteiger partial charge is 0.286 e. The van der Waals surface area contributed by atoms with Crippen LogP contribution in [0.4, 0.5) is 5.69 Å². The molecule has 2 rings (SSSR count). The molecule has 0 aliphatic carbocycles. The number of pyridine rings is 1. The minimum absolute atomic E-state index is 0.0208. The standard InChI is InChI=1S/C9H7N3O3/c13-2-1-7-3-6-4-8(12(14)15)5-10-9(6)11-7/h2-5H,1H2,(H,10,11). The summed E-state index contributed by atoms with van der Waals surface area (Å²) < 4.78 is 0. The number of fused-ring (bicyclic) bond motifs is 1. The van der Waals surface area contributed by atoms with Gasteiger partial charge in [-0.15, -0.1) is 0 Å². The zero-order chi connectivity index (χ0) is 10.8. The van der Waals surface area contributed by atoms with Crippen molar-refractivity contribution < 1.29 is 9.72 Å². The highest BCUT2D eigenvalue weighted by Crippen LogP contribution is 2.24. The minimum Gasteiger partial charge on any atom is -0.340 e. The van der Waals surface area contributed by atoms with E-state index in [0.29, 0.717) is 17.1 Å². The lowest BCUT2D eigenvalue weighted by atomic mass is 10.2. The second-order valence-electron chi connectivity index (χ2n) is 3.04. The quantitative estimate of drug-likeness (QED) is 0.462. The average Bonchev–Trinajstić information content (AvgIpc) is 2.59. The maximum atomic E-state index is 10.5. The lowest BCUT2D eigenvalue weighted by Crippen LogP contribution is -1.91. The number of H-pyrrole nitrogens is 1. The van der Waals surface area contributed by atoms with Gasteiger partial charge in [-0.05, 0) is 6.07 Å². The summed E-state index contributed by atoms with van der Waals surface area (Å²) in [5.74, 6) is 0.553. The third kappa shape index (κ3) is 1.69. The van der Waals surface area contributed by atoms with Crippen molar-refractivity contribution in [2.24, 2.45) is 0 Å². The zero-order valence-electron chi connectivity index (χ0n) is 7.64. The number of nitro groups is 1. The Labute approximate surface area is 84.4 Å². The molecule has 0 bridgehead atoms. The second kappa shape index (κ2) is 3.49. The first-order valence-electron chi connectivity index (χ1n) is 4.27. The molecule has 0 saturated heterocycles. The minimum atomic E-state index is -0.484. The Hall–Kier alpha value is -2.24. The van der Waals surface area contributed by atoms with Crippen molar-refractivity contribution in [2.45, 2.75) is 6.42 Å². The lowest BCUT2D eigenvalue weighted by Gasteiger charge is -1.95. The number of rotatable bonds is 3. The largest absolute Gasteiger partial charge is 0.340 e. The second-order valence-corrected chi connectivity index (χ2v) is 3.04. The van der Waals surface area contributed by atoms with E-state index >= 15 is 0 Å². The first kappa shape index (κ1) is 9.32. The van der Waals surface area contributed by atoms with E-state index in [1.165, 1.54) is 12.3 Å². The van der Waals surface area contributed by atoms with Crippen molar-refractivity contribution in [1.29, 1.82) is 0 Å². The van der Waals surface area contributed by atoms with Crippen LogP contribution in [0.5, 0.6) is 0 Å². The highest BCUT2D eigenvalue weighted by atomic mass is 16.6. The van der Waals surface area contributed by atoms with Gasteiger partial charge >= 0.3 is 0 Å². The summed E-state index contributed by atoms with van der Waals surface area (Å²) >= 11 is 0. The molecule has 0 saturated carbocycles. The normalized spacial score (nSPS) is 10.4. The van der Waals surface area contributed by atoms with E-state index in [1.54, 1.807) is 6.07 Å². The van der Waals surface area contributed by atoms with Crippen LogP contribution in [0.15, 0.2) is 18.3 Å². The molecule has 15 heavy (non-hydrogen) atoms. The van der Waals surface area contributed by atoms with Crippen molar-refractivity contribution in [3.63, 3.8) is 0 Å². The Bertz CT molecular complexity index is 492. The molecule has 0 spiro atoms. The molecule has 2 aliphatic heterocycles. The molecule has 0 radical (unpaired) electrons. The van der Waals surface area contributed by atoms with Gasteiger partial charge < -0.3 is 9.78 Å². The Kier molecular flexibility index (Phi) is 2.17. The molecule has 6 nitrogen and oxygen atoms in total. The van der Waals surface area contributed by atoms with E-state index in [9.17, 15) is 14.9 Å². The van der Waals surface area contributed by atoms with Crippen LogP contribution in [-0.4, -0.2) is 21.2 Å². The van der Waals surface area contributed by atoms with Crippen molar-refractivity contribution in [2.75, 3.05) is 0 Å². The fourth-order valence-electron chi connectivity index (χ4n) is 1.35. The molecule has 2 heterocycles. The van der Waals surface area contributed by atoms with E-state index in [4.69, 9.17) is 0 Å². The first-order valence-corrected chi connectivity index (χ1v) is 4.27. The number of carbonyl (C=O) groups is 1. The number of nitrogens with zero attached hydrogens (tertiary/aromatic N) is 2. The van der Waals surface area contributed by atoms with Gasteiger partial charge in [0.2, 0.25) is 0 Å². The molecule has 6 heteroatoms. The number of carbonyl (C=O) groups excluding carboxylic acids is 1. The summed E-state index contributed by atoms with van der Waals surface area (Å²) in [6.45, 7) is 0. The number of hydrogen-bond acceptors (Lipinski definition) is 4. The van der Waals surface area contributed by atoms with Crippen LogP contribution < -0.4 is 0 Å². The van der Waals surface area contributed by atoms with E-state index in [0.717, 1.165) is 6.29 Å². The highest BCUT2D eigenvalue weighted by molar-refractivity contribution is 5.64. The zero-order valence-corrected chi connectivity index (χ0v) is 7.64. The van der Waals surface area contributed by atoms with Gasteiger partial charge in [0.1, 0.15) is 12.1 Å².